The van der Waals surface area contributed by atoms with Crippen LogP contribution in [0.2, 0.25) is 0 Å². The minimum atomic E-state index is 0.982. The van der Waals surface area contributed by atoms with Crippen molar-refractivity contribution < 1.29 is 4.57 Å². The van der Waals surface area contributed by atoms with Crippen molar-refractivity contribution in [2.75, 3.05) is 31.1 Å². The molecule has 0 fully saturated rings. The number of hydrogen-bond donors (Lipinski definition) is 0. The minimum absolute atomic E-state index is 0.982. The maximum absolute atomic E-state index is 2.53. The number of aromatic nitrogens is 1. The number of hydrogen-bond acceptors (Lipinski definition) is 3. The van der Waals surface area contributed by atoms with Gasteiger partial charge in [-0.3, -0.25) is 0 Å². The molecule has 0 unspecified atom stereocenters. The molecule has 0 amide bonds. The second-order valence-corrected chi connectivity index (χ2v) is 9.07. The fourth-order valence-electron chi connectivity index (χ4n) is 4.38. The van der Waals surface area contributed by atoms with Gasteiger partial charge >= 0.3 is 0 Å². The van der Waals surface area contributed by atoms with E-state index in [2.05, 4.69) is 102 Å². The number of pyridine rings is 1. The lowest BCUT2D eigenvalue weighted by atomic mass is 10.1. The van der Waals surface area contributed by atoms with Gasteiger partial charge < -0.3 is 9.80 Å². The molecular weight excluding hydrogens is 398 g/mol. The zero-order valence-electron chi connectivity index (χ0n) is 19.1. The minimum Gasteiger partial charge on any atom is -0.335 e. The van der Waals surface area contributed by atoms with Crippen LogP contribution >= 0.6 is 11.8 Å². The summed E-state index contributed by atoms with van der Waals surface area (Å²) >= 11 is 1.90. The Bertz CT molecular complexity index is 1060. The average Bonchev–Trinajstić information content (AvgIpc) is 3.16. The van der Waals surface area contributed by atoms with Crippen LogP contribution in [-0.2, 0) is 6.54 Å². The van der Waals surface area contributed by atoms with Crippen LogP contribution in [-0.4, -0.2) is 31.1 Å². The van der Waals surface area contributed by atoms with Gasteiger partial charge in [-0.1, -0.05) is 49.9 Å². The molecule has 0 radical (unpaired) electrons. The molecule has 4 rings (SSSR count). The fourth-order valence-corrected chi connectivity index (χ4v) is 5.52. The van der Waals surface area contributed by atoms with Gasteiger partial charge in [-0.15, -0.1) is 0 Å². The Kier molecular flexibility index (Phi) is 7.31. The quantitative estimate of drug-likeness (QED) is 0.295. The van der Waals surface area contributed by atoms with Crippen LogP contribution in [0, 0.1) is 0 Å². The molecule has 0 saturated heterocycles. The fraction of sp³-hybridized carbons (Fsp3) is 0.370. The first-order chi connectivity index (χ1) is 15.2. The largest absolute Gasteiger partial charge is 0.335 e. The summed E-state index contributed by atoms with van der Waals surface area (Å²) in [5.74, 6) is 0. The lowest BCUT2D eigenvalue weighted by Crippen LogP contribution is -2.32. The van der Waals surface area contributed by atoms with Gasteiger partial charge in [0, 0.05) is 23.6 Å². The average molecular weight is 433 g/mol. The first-order valence-corrected chi connectivity index (χ1v) is 12.5. The topological polar surface area (TPSA) is 10.4 Å². The Labute approximate surface area is 191 Å². The second-order valence-electron chi connectivity index (χ2n) is 8.01. The maximum atomic E-state index is 2.53. The number of fused-ring (bicyclic) bond motifs is 2. The van der Waals surface area contributed by atoms with E-state index in [1.54, 1.807) is 0 Å². The Balaban J connectivity index is 1.61. The molecular formula is C27H34N3S+. The zero-order chi connectivity index (χ0) is 21.6. The third-order valence-electron chi connectivity index (χ3n) is 6.22. The van der Waals surface area contributed by atoms with Crippen LogP contribution < -0.4 is 9.47 Å². The summed E-state index contributed by atoms with van der Waals surface area (Å²) < 4.78 is 2.32. The van der Waals surface area contributed by atoms with Gasteiger partial charge in [0.15, 0.2) is 6.20 Å². The highest BCUT2D eigenvalue weighted by Gasteiger charge is 2.25. The van der Waals surface area contributed by atoms with E-state index < -0.39 is 0 Å². The van der Waals surface area contributed by atoms with E-state index in [1.807, 2.05) is 11.8 Å². The van der Waals surface area contributed by atoms with E-state index in [-0.39, 0.29) is 0 Å². The molecule has 31 heavy (non-hydrogen) atoms. The molecule has 3 nitrogen and oxygen atoms in total. The Morgan fingerprint density at radius 3 is 2.52 bits per heavy atom. The summed E-state index contributed by atoms with van der Waals surface area (Å²) in [5.41, 5.74) is 3.94. The van der Waals surface area contributed by atoms with Crippen LogP contribution in [0.1, 0.15) is 39.2 Å². The van der Waals surface area contributed by atoms with Crippen LogP contribution in [0.3, 0.4) is 0 Å². The molecule has 0 saturated carbocycles. The lowest BCUT2D eigenvalue weighted by molar-refractivity contribution is -0.667. The van der Waals surface area contributed by atoms with Crippen molar-refractivity contribution in [2.24, 2.45) is 0 Å². The normalized spacial score (nSPS) is 14.7. The number of thioether (sulfide) groups is 1. The third-order valence-corrected chi connectivity index (χ3v) is 7.33. The standard InChI is InChI=1S/C27H34N3S/c1-4-28(5-2)18-11-12-19-30-25-15-9-10-16-26(25)31-27(30)21-22-17-20-29(6-3)24-14-8-7-13-23(22)24/h7-10,13-17,20-21H,4-6,11-12,18-19H2,1-3H3/q+1. The zero-order valence-corrected chi connectivity index (χ0v) is 19.9. The van der Waals surface area contributed by atoms with Gasteiger partial charge in [-0.2, -0.15) is 4.57 Å². The van der Waals surface area contributed by atoms with Crippen molar-refractivity contribution in [2.45, 2.75) is 45.1 Å². The van der Waals surface area contributed by atoms with Crippen LogP contribution in [0.4, 0.5) is 5.69 Å². The smallest absolute Gasteiger partial charge is 0.213 e. The first-order valence-electron chi connectivity index (χ1n) is 11.6. The summed E-state index contributed by atoms with van der Waals surface area (Å²) in [6.45, 7) is 12.2. The Morgan fingerprint density at radius 2 is 1.71 bits per heavy atom. The molecule has 0 aliphatic carbocycles. The van der Waals surface area contributed by atoms with E-state index in [4.69, 9.17) is 0 Å². The highest BCUT2D eigenvalue weighted by molar-refractivity contribution is 8.03. The van der Waals surface area contributed by atoms with E-state index in [0.29, 0.717) is 0 Å². The van der Waals surface area contributed by atoms with E-state index in [1.165, 1.54) is 51.5 Å². The molecule has 1 aromatic heterocycles. The van der Waals surface area contributed by atoms with Gasteiger partial charge in [-0.05, 0) is 69.2 Å². The van der Waals surface area contributed by atoms with E-state index in [0.717, 1.165) is 26.2 Å². The molecule has 4 heteroatoms. The monoisotopic (exact) mass is 432 g/mol. The maximum Gasteiger partial charge on any atom is 0.213 e. The summed E-state index contributed by atoms with van der Waals surface area (Å²) in [5, 5.41) is 2.65. The van der Waals surface area contributed by atoms with Gasteiger partial charge in [0.25, 0.3) is 0 Å². The SMILES string of the molecule is CCN(CC)CCCCN1/C(=C/c2cc[n+](CC)c3ccccc23)Sc2ccccc21. The Morgan fingerprint density at radius 1 is 0.935 bits per heavy atom. The van der Waals surface area contributed by atoms with Crippen molar-refractivity contribution >= 4 is 34.4 Å². The van der Waals surface area contributed by atoms with Crippen LogP contribution in [0.15, 0.2) is 70.7 Å². The number of nitrogens with zero attached hydrogens (tertiary/aromatic N) is 3. The summed E-state index contributed by atoms with van der Waals surface area (Å²) in [6, 6.07) is 19.8. The lowest BCUT2D eigenvalue weighted by Gasteiger charge is -2.22. The predicted octanol–water partition coefficient (Wildman–Crippen LogP) is 6.18. The molecule has 0 atom stereocenters. The highest BCUT2D eigenvalue weighted by atomic mass is 32.2. The molecule has 3 aromatic rings. The van der Waals surface area contributed by atoms with Crippen molar-refractivity contribution in [1.82, 2.24) is 4.90 Å². The summed E-state index contributed by atoms with van der Waals surface area (Å²) in [7, 11) is 0. The number of anilines is 1. The van der Waals surface area contributed by atoms with Gasteiger partial charge in [0.1, 0.15) is 6.54 Å². The number of para-hydroxylation sites is 2. The van der Waals surface area contributed by atoms with Gasteiger partial charge in [-0.25, -0.2) is 0 Å². The molecule has 162 valence electrons. The summed E-state index contributed by atoms with van der Waals surface area (Å²) in [4.78, 5) is 6.40. The predicted molar refractivity (Wildman–Crippen MR) is 134 cm³/mol. The molecule has 1 aliphatic heterocycles. The van der Waals surface area contributed by atoms with Gasteiger partial charge in [0.2, 0.25) is 5.52 Å². The van der Waals surface area contributed by atoms with Crippen LogP contribution in [0.25, 0.3) is 17.0 Å². The van der Waals surface area contributed by atoms with Crippen molar-refractivity contribution in [3.63, 3.8) is 0 Å². The molecule has 1 aliphatic rings. The van der Waals surface area contributed by atoms with Crippen LogP contribution in [0.5, 0.6) is 0 Å². The molecule has 2 aromatic carbocycles. The molecule has 2 heterocycles. The van der Waals surface area contributed by atoms with Crippen molar-refractivity contribution in [1.29, 1.82) is 0 Å². The van der Waals surface area contributed by atoms with Crippen molar-refractivity contribution in [3.05, 3.63) is 71.4 Å². The summed E-state index contributed by atoms with van der Waals surface area (Å²) in [6.07, 6.45) is 7.05. The second kappa shape index (κ2) is 10.3. The van der Waals surface area contributed by atoms with Gasteiger partial charge in [0.05, 0.1) is 16.1 Å². The number of benzene rings is 2. The van der Waals surface area contributed by atoms with E-state index >= 15 is 0 Å². The first kappa shape index (κ1) is 21.9. The molecule has 0 spiro atoms. The number of unbranched alkanes of at least 4 members (excludes halogenated alkanes) is 1. The Hall–Kier alpha value is -2.30. The van der Waals surface area contributed by atoms with Crippen molar-refractivity contribution in [3.8, 4) is 0 Å². The molecule has 0 N–H and O–H groups in total. The number of rotatable bonds is 9. The highest BCUT2D eigenvalue weighted by Crippen LogP contribution is 2.46. The number of aryl methyl sites for hydroxylation is 1. The molecule has 0 bridgehead atoms. The third kappa shape index (κ3) is 4.81. The van der Waals surface area contributed by atoms with E-state index in [9.17, 15) is 0 Å².